The van der Waals surface area contributed by atoms with Crippen molar-refractivity contribution in [3.8, 4) is 23.0 Å². The summed E-state index contributed by atoms with van der Waals surface area (Å²) < 4.78 is 34.4. The standard InChI is InChI=1S/C16H14F2N2O5/c17-16(18)24-13-4-2-10(8-14(13)25-16)20-15(23)19-6-5-9-1-3-11(21)12(22)7-9/h1-4,7-8,21-22H,5-6H2,(H2,19,20,23). The predicted octanol–water partition coefficient (Wildman–Crippen LogP) is 2.78. The molecule has 0 radical (unpaired) electrons. The van der Waals surface area contributed by atoms with Crippen LogP contribution in [0.25, 0.3) is 0 Å². The molecule has 0 aromatic heterocycles. The number of alkyl halides is 2. The molecule has 1 heterocycles. The molecule has 132 valence electrons. The smallest absolute Gasteiger partial charge is 0.504 e. The molecular formula is C16H14F2N2O5. The van der Waals surface area contributed by atoms with Gasteiger partial charge in [-0.15, -0.1) is 8.78 Å². The average molecular weight is 352 g/mol. The number of amides is 2. The number of phenols is 2. The van der Waals surface area contributed by atoms with E-state index in [0.717, 1.165) is 5.56 Å². The Morgan fingerprint density at radius 3 is 2.56 bits per heavy atom. The maximum absolute atomic E-state index is 12.9. The van der Waals surface area contributed by atoms with Crippen molar-refractivity contribution in [2.24, 2.45) is 0 Å². The number of carbonyl (C=O) groups excluding carboxylic acids is 1. The van der Waals surface area contributed by atoms with E-state index in [-0.39, 0.29) is 35.2 Å². The number of aromatic hydroxyl groups is 2. The number of benzene rings is 2. The first-order chi connectivity index (χ1) is 11.8. The molecule has 2 amide bonds. The molecule has 0 saturated heterocycles. The molecule has 0 bridgehead atoms. The number of anilines is 1. The number of hydrogen-bond acceptors (Lipinski definition) is 5. The van der Waals surface area contributed by atoms with Gasteiger partial charge in [-0.05, 0) is 36.2 Å². The second-order valence-corrected chi connectivity index (χ2v) is 5.28. The SMILES string of the molecule is O=C(NCCc1ccc(O)c(O)c1)Nc1ccc2c(c1)OC(F)(F)O2. The molecule has 25 heavy (non-hydrogen) atoms. The Kier molecular flexibility index (Phi) is 4.22. The van der Waals surface area contributed by atoms with E-state index < -0.39 is 12.3 Å². The monoisotopic (exact) mass is 352 g/mol. The summed E-state index contributed by atoms with van der Waals surface area (Å²) in [5.41, 5.74) is 0.987. The third-order valence-corrected chi connectivity index (χ3v) is 3.40. The van der Waals surface area contributed by atoms with Crippen LogP contribution in [0.1, 0.15) is 5.56 Å². The highest BCUT2D eigenvalue weighted by Gasteiger charge is 2.43. The van der Waals surface area contributed by atoms with E-state index in [1.165, 1.54) is 30.3 Å². The number of fused-ring (bicyclic) bond motifs is 1. The Hall–Kier alpha value is -3.23. The van der Waals surface area contributed by atoms with Crippen molar-refractivity contribution in [2.75, 3.05) is 11.9 Å². The van der Waals surface area contributed by atoms with Gasteiger partial charge in [0.05, 0.1) is 0 Å². The Labute approximate surface area is 140 Å². The second-order valence-electron chi connectivity index (χ2n) is 5.28. The van der Waals surface area contributed by atoms with E-state index in [1.54, 1.807) is 6.07 Å². The van der Waals surface area contributed by atoms with Crippen LogP contribution in [0.3, 0.4) is 0 Å². The van der Waals surface area contributed by atoms with Crippen LogP contribution in [-0.4, -0.2) is 29.1 Å². The molecule has 0 atom stereocenters. The van der Waals surface area contributed by atoms with Crippen LogP contribution in [-0.2, 0) is 6.42 Å². The van der Waals surface area contributed by atoms with E-state index in [2.05, 4.69) is 20.1 Å². The number of nitrogens with one attached hydrogen (secondary N) is 2. The highest BCUT2D eigenvalue weighted by molar-refractivity contribution is 5.89. The van der Waals surface area contributed by atoms with Crippen LogP contribution >= 0.6 is 0 Å². The number of phenolic OH excluding ortho intramolecular Hbond substituents is 2. The van der Waals surface area contributed by atoms with Gasteiger partial charge >= 0.3 is 12.3 Å². The van der Waals surface area contributed by atoms with Crippen molar-refractivity contribution in [1.29, 1.82) is 0 Å². The van der Waals surface area contributed by atoms with Gasteiger partial charge in [0.25, 0.3) is 0 Å². The lowest BCUT2D eigenvalue weighted by molar-refractivity contribution is -0.286. The van der Waals surface area contributed by atoms with Crippen molar-refractivity contribution >= 4 is 11.7 Å². The zero-order chi connectivity index (χ0) is 18.0. The lowest BCUT2D eigenvalue weighted by Crippen LogP contribution is -2.30. The van der Waals surface area contributed by atoms with Gasteiger partial charge in [-0.25, -0.2) is 4.79 Å². The molecule has 0 unspecified atom stereocenters. The Bertz CT molecular complexity index is 813. The number of ether oxygens (including phenoxy) is 2. The fourth-order valence-corrected chi connectivity index (χ4v) is 2.25. The quantitative estimate of drug-likeness (QED) is 0.634. The van der Waals surface area contributed by atoms with Crippen LogP contribution in [0.2, 0.25) is 0 Å². The molecule has 1 aliphatic heterocycles. The summed E-state index contributed by atoms with van der Waals surface area (Å²) in [4.78, 5) is 11.8. The zero-order valence-electron chi connectivity index (χ0n) is 12.8. The molecule has 9 heteroatoms. The number of halogens is 2. The van der Waals surface area contributed by atoms with E-state index in [0.29, 0.717) is 6.42 Å². The lowest BCUT2D eigenvalue weighted by Gasteiger charge is -2.08. The molecular weight excluding hydrogens is 338 g/mol. The van der Waals surface area contributed by atoms with Crippen molar-refractivity contribution in [3.63, 3.8) is 0 Å². The van der Waals surface area contributed by atoms with Crippen LogP contribution in [0, 0.1) is 0 Å². The molecule has 1 aliphatic rings. The summed E-state index contributed by atoms with van der Waals surface area (Å²) >= 11 is 0. The number of hydrogen-bond donors (Lipinski definition) is 4. The minimum Gasteiger partial charge on any atom is -0.504 e. The number of urea groups is 1. The Balaban J connectivity index is 1.51. The number of rotatable bonds is 4. The van der Waals surface area contributed by atoms with Gasteiger partial charge in [-0.2, -0.15) is 0 Å². The van der Waals surface area contributed by atoms with Gasteiger partial charge in [0.15, 0.2) is 23.0 Å². The van der Waals surface area contributed by atoms with Crippen molar-refractivity contribution in [2.45, 2.75) is 12.7 Å². The van der Waals surface area contributed by atoms with Crippen LogP contribution < -0.4 is 20.1 Å². The van der Waals surface area contributed by atoms with Gasteiger partial charge in [-0.1, -0.05) is 6.07 Å². The van der Waals surface area contributed by atoms with Gasteiger partial charge in [-0.3, -0.25) is 0 Å². The summed E-state index contributed by atoms with van der Waals surface area (Å²) in [7, 11) is 0. The third-order valence-electron chi connectivity index (χ3n) is 3.40. The molecule has 0 fully saturated rings. The lowest BCUT2D eigenvalue weighted by atomic mass is 10.1. The van der Waals surface area contributed by atoms with Crippen LogP contribution in [0.15, 0.2) is 36.4 Å². The molecule has 3 rings (SSSR count). The van der Waals surface area contributed by atoms with Crippen LogP contribution in [0.4, 0.5) is 19.3 Å². The first kappa shape index (κ1) is 16.6. The topological polar surface area (TPSA) is 100 Å². The Morgan fingerprint density at radius 2 is 1.80 bits per heavy atom. The summed E-state index contributed by atoms with van der Waals surface area (Å²) in [6, 6.07) is 7.74. The molecule has 2 aromatic carbocycles. The van der Waals surface area contributed by atoms with Gasteiger partial charge in [0, 0.05) is 18.3 Å². The van der Waals surface area contributed by atoms with Crippen LogP contribution in [0.5, 0.6) is 23.0 Å². The summed E-state index contributed by atoms with van der Waals surface area (Å²) in [5.74, 6) is -0.729. The maximum atomic E-state index is 12.9. The minimum atomic E-state index is -3.71. The molecule has 0 aliphatic carbocycles. The molecule has 0 saturated carbocycles. The summed E-state index contributed by atoms with van der Waals surface area (Å²) in [6.07, 6.45) is -3.28. The summed E-state index contributed by atoms with van der Waals surface area (Å²) in [5, 5.41) is 23.7. The highest BCUT2D eigenvalue weighted by atomic mass is 19.3. The van der Waals surface area contributed by atoms with Gasteiger partial charge < -0.3 is 30.3 Å². The van der Waals surface area contributed by atoms with Crippen molar-refractivity contribution < 1.29 is 33.3 Å². The Morgan fingerprint density at radius 1 is 1.04 bits per heavy atom. The van der Waals surface area contributed by atoms with Crippen molar-refractivity contribution in [1.82, 2.24) is 5.32 Å². The average Bonchev–Trinajstić information content (AvgIpc) is 2.84. The fourth-order valence-electron chi connectivity index (χ4n) is 2.25. The molecule has 4 N–H and O–H groups in total. The number of carbonyl (C=O) groups is 1. The second kappa shape index (κ2) is 6.34. The van der Waals surface area contributed by atoms with Gasteiger partial charge in [0.2, 0.25) is 0 Å². The first-order valence-electron chi connectivity index (χ1n) is 7.28. The zero-order valence-corrected chi connectivity index (χ0v) is 12.8. The summed E-state index contributed by atoms with van der Waals surface area (Å²) in [6.45, 7) is 0.263. The molecule has 2 aromatic rings. The van der Waals surface area contributed by atoms with E-state index >= 15 is 0 Å². The largest absolute Gasteiger partial charge is 0.586 e. The first-order valence-corrected chi connectivity index (χ1v) is 7.28. The van der Waals surface area contributed by atoms with E-state index in [1.807, 2.05) is 0 Å². The third kappa shape index (κ3) is 4.00. The van der Waals surface area contributed by atoms with E-state index in [4.69, 9.17) is 0 Å². The molecule has 0 spiro atoms. The normalized spacial score (nSPS) is 14.2. The fraction of sp³-hybridized carbons (Fsp3) is 0.188. The van der Waals surface area contributed by atoms with Crippen molar-refractivity contribution in [3.05, 3.63) is 42.0 Å². The minimum absolute atomic E-state index is 0.108. The predicted molar refractivity (Wildman–Crippen MR) is 83.1 cm³/mol. The maximum Gasteiger partial charge on any atom is 0.586 e. The van der Waals surface area contributed by atoms with E-state index in [9.17, 15) is 23.8 Å². The van der Waals surface area contributed by atoms with Gasteiger partial charge in [0.1, 0.15) is 0 Å². The highest BCUT2D eigenvalue weighted by Crippen LogP contribution is 2.42. The molecule has 7 nitrogen and oxygen atoms in total.